The van der Waals surface area contributed by atoms with E-state index in [1.54, 1.807) is 0 Å². The molecule has 0 radical (unpaired) electrons. The second-order valence-electron chi connectivity index (χ2n) is 37.1. The largest absolute Gasteiger partial charge is 0.354 e. The van der Waals surface area contributed by atoms with E-state index in [4.69, 9.17) is 0 Å². The molecule has 0 aliphatic heterocycles. The summed E-state index contributed by atoms with van der Waals surface area (Å²) in [5.74, 6) is 0. The smallest absolute Gasteiger partial charge is 0.0619 e. The molecule has 0 fully saturated rings. The molecular formula is C134H86N6. The molecule has 30 rings (SSSR count). The Bertz CT molecular complexity index is 10300. The Labute approximate surface area is 806 Å². The molecule has 30 aromatic rings. The van der Waals surface area contributed by atoms with Gasteiger partial charge >= 0.3 is 0 Å². The number of nitrogens with zero attached hydrogens (tertiary/aromatic N) is 3. The van der Waals surface area contributed by atoms with E-state index >= 15 is 0 Å². The molecule has 0 amide bonds. The standard InChI is InChI=1S/C46H30N2.2C44H28N2/c1-2-13-35(14-3-1)48-45-20-9-7-17-39(45)42-29-41(36-15-4-5-18-40(36)46(42)48)34-12-10-11-32(27-34)30-21-23-31(24-22-30)33-25-26-38-37-16-6-8-19-43(37)47-44(38)28-33;1-2-10-33(11-3-1)46-43-17-9-7-14-37(43)40-27-39(34-12-4-5-15-38(34)44(40)46)32-21-20-28-24-29(18-19-30(28)25-32)31-22-23-36-35-13-6-8-16-41(35)45-42(36)26-31;1-2-12-29(13-3-1)46-43-21-11-9-18-37(43)40-27-39(33-16-6-7-19-38(33)44(40)46)34-25-24-30(31-14-4-5-15-32(31)34)28-22-23-36-35-17-8-10-20-41(35)45-42(36)26-28/h1-29,47H;2*1-27,45H. The fourth-order valence-electron chi connectivity index (χ4n) is 22.9. The van der Waals surface area contributed by atoms with Crippen LogP contribution >= 0.6 is 0 Å². The molecule has 6 aromatic heterocycles. The molecule has 3 N–H and O–H groups in total. The number of H-pyrrole nitrogens is 3. The van der Waals surface area contributed by atoms with Crippen molar-refractivity contribution in [2.45, 2.75) is 0 Å². The Morgan fingerprint density at radius 1 is 0.121 bits per heavy atom. The van der Waals surface area contributed by atoms with Crippen molar-refractivity contribution < 1.29 is 0 Å². The first-order chi connectivity index (χ1) is 69.4. The third kappa shape index (κ3) is 13.1. The number of rotatable bonds is 10. The molecule has 0 saturated heterocycles. The maximum Gasteiger partial charge on any atom is 0.0619 e. The van der Waals surface area contributed by atoms with Gasteiger partial charge in [-0.05, 0) is 243 Å². The van der Waals surface area contributed by atoms with Crippen molar-refractivity contribution in [3.05, 3.63) is 504 Å². The lowest BCUT2D eigenvalue weighted by molar-refractivity contribution is 1.19. The summed E-state index contributed by atoms with van der Waals surface area (Å²) in [5, 5.41) is 27.7. The van der Waals surface area contributed by atoms with E-state index in [0.717, 1.165) is 5.52 Å². The van der Waals surface area contributed by atoms with Gasteiger partial charge in [-0.1, -0.05) is 376 Å². The molecule has 0 saturated carbocycles. The number of aromatic nitrogens is 6. The Hall–Kier alpha value is -18.6. The molecule has 140 heavy (non-hydrogen) atoms. The summed E-state index contributed by atoms with van der Waals surface area (Å²) < 4.78 is 7.27. The molecule has 6 nitrogen and oxygen atoms in total. The molecule has 0 unspecified atom stereocenters. The number of hydrogen-bond acceptors (Lipinski definition) is 0. The molecule has 6 heterocycles. The lowest BCUT2D eigenvalue weighted by Crippen LogP contribution is -1.94. The van der Waals surface area contributed by atoms with Gasteiger partial charge in [0.05, 0.1) is 33.1 Å². The van der Waals surface area contributed by atoms with Gasteiger partial charge < -0.3 is 28.7 Å². The van der Waals surface area contributed by atoms with Crippen molar-refractivity contribution in [3.63, 3.8) is 0 Å². The number of hydrogen-bond donors (Lipinski definition) is 3. The van der Waals surface area contributed by atoms with Crippen LogP contribution in [0.4, 0.5) is 0 Å². The van der Waals surface area contributed by atoms with Crippen molar-refractivity contribution in [1.82, 2.24) is 28.7 Å². The summed E-state index contributed by atoms with van der Waals surface area (Å²) in [6.45, 7) is 0. The van der Waals surface area contributed by atoms with Crippen molar-refractivity contribution in [2.75, 3.05) is 0 Å². The average Bonchev–Trinajstić information content (AvgIpc) is 1.58. The van der Waals surface area contributed by atoms with E-state index in [-0.39, 0.29) is 0 Å². The van der Waals surface area contributed by atoms with Crippen LogP contribution in [-0.4, -0.2) is 28.7 Å². The summed E-state index contributed by atoms with van der Waals surface area (Å²) in [7, 11) is 0. The summed E-state index contributed by atoms with van der Waals surface area (Å²) in [6.07, 6.45) is 0. The van der Waals surface area contributed by atoms with E-state index in [1.165, 1.54) is 274 Å². The van der Waals surface area contributed by atoms with Crippen LogP contribution in [0.25, 0.3) is 280 Å². The predicted octanol–water partition coefficient (Wildman–Crippen LogP) is 36.7. The first-order valence-corrected chi connectivity index (χ1v) is 48.2. The summed E-state index contributed by atoms with van der Waals surface area (Å²) in [6, 6.07) is 183. The topological polar surface area (TPSA) is 62.2 Å². The minimum atomic E-state index is 1.16. The lowest BCUT2D eigenvalue weighted by atomic mass is 9.89. The van der Waals surface area contributed by atoms with Gasteiger partial charge in [-0.2, -0.15) is 0 Å². The van der Waals surface area contributed by atoms with E-state index < -0.39 is 0 Å². The molecule has 6 heteroatoms. The Kier molecular flexibility index (Phi) is 18.6. The van der Waals surface area contributed by atoms with Crippen molar-refractivity contribution >= 4 is 185 Å². The van der Waals surface area contributed by atoms with Gasteiger partial charge in [0.2, 0.25) is 0 Å². The summed E-state index contributed by atoms with van der Waals surface area (Å²) in [5.41, 5.74) is 35.2. The number of nitrogens with one attached hydrogen (secondary N) is 3. The van der Waals surface area contributed by atoms with Gasteiger partial charge in [0.25, 0.3) is 0 Å². The zero-order valence-corrected chi connectivity index (χ0v) is 76.3. The highest BCUT2D eigenvalue weighted by molar-refractivity contribution is 6.27. The third-order valence-corrected chi connectivity index (χ3v) is 29.3. The second-order valence-corrected chi connectivity index (χ2v) is 37.1. The Morgan fingerprint density at radius 2 is 0.379 bits per heavy atom. The van der Waals surface area contributed by atoms with E-state index in [9.17, 15) is 0 Å². The van der Waals surface area contributed by atoms with Crippen molar-refractivity contribution in [2.24, 2.45) is 0 Å². The average molecular weight is 1780 g/mol. The van der Waals surface area contributed by atoms with Gasteiger partial charge in [-0.25, -0.2) is 0 Å². The maximum absolute atomic E-state index is 3.64. The lowest BCUT2D eigenvalue weighted by Gasteiger charge is -2.16. The van der Waals surface area contributed by atoms with Crippen LogP contribution in [0.15, 0.2) is 504 Å². The SMILES string of the molecule is c1ccc(-n2c3ccccc3c3cc(-c4ccc(-c5ccc6c(c5)[nH]c5ccccc56)c5ccccc45)c4ccccc4c32)cc1.c1ccc(-n2c3ccccc3c3cc(-c4ccc5cc(-c6ccc7c(c6)[nH]c6ccccc67)ccc5c4)c4ccccc4c32)cc1.c1ccc(-n2c3ccccc3c3cc(-c4cccc(-c5ccc(-c6ccc7c(c6)[nH]c6ccccc67)cc5)c4)c4ccccc4c32)cc1. The normalized spacial score (nSPS) is 11.9. The Balaban J connectivity index is 0.000000103. The van der Waals surface area contributed by atoms with Crippen LogP contribution in [-0.2, 0) is 0 Å². The van der Waals surface area contributed by atoms with Crippen LogP contribution in [0.2, 0.25) is 0 Å². The zero-order valence-electron chi connectivity index (χ0n) is 76.3. The first kappa shape index (κ1) is 79.9. The molecular weight excluding hydrogens is 1690 g/mol. The van der Waals surface area contributed by atoms with Crippen LogP contribution in [0, 0.1) is 0 Å². The van der Waals surface area contributed by atoms with Crippen molar-refractivity contribution in [3.8, 4) is 95.0 Å². The molecule has 0 aliphatic carbocycles. The van der Waals surface area contributed by atoms with Crippen LogP contribution in [0.3, 0.4) is 0 Å². The monoisotopic (exact) mass is 1780 g/mol. The number of benzene rings is 24. The molecule has 652 valence electrons. The van der Waals surface area contributed by atoms with E-state index in [1.807, 2.05) is 0 Å². The fourth-order valence-corrected chi connectivity index (χ4v) is 22.9. The molecule has 0 bridgehead atoms. The molecule has 0 aliphatic rings. The van der Waals surface area contributed by atoms with Gasteiger partial charge in [-0.15, -0.1) is 0 Å². The number of fused-ring (bicyclic) bond motifs is 26. The minimum absolute atomic E-state index is 1.16. The molecule has 24 aromatic carbocycles. The van der Waals surface area contributed by atoms with Crippen LogP contribution < -0.4 is 0 Å². The highest BCUT2D eigenvalue weighted by atomic mass is 15.0. The van der Waals surface area contributed by atoms with E-state index in [0.29, 0.717) is 0 Å². The maximum atomic E-state index is 3.64. The van der Waals surface area contributed by atoms with Gasteiger partial charge in [0.1, 0.15) is 0 Å². The van der Waals surface area contributed by atoms with Crippen LogP contribution in [0.5, 0.6) is 0 Å². The third-order valence-electron chi connectivity index (χ3n) is 29.3. The zero-order chi connectivity index (χ0) is 92.0. The number of aromatic amines is 3. The highest BCUT2D eigenvalue weighted by Gasteiger charge is 2.25. The number of para-hydroxylation sites is 9. The predicted molar refractivity (Wildman–Crippen MR) is 596 cm³/mol. The van der Waals surface area contributed by atoms with Gasteiger partial charge in [0.15, 0.2) is 0 Å². The van der Waals surface area contributed by atoms with Crippen molar-refractivity contribution in [1.29, 1.82) is 0 Å². The Morgan fingerprint density at radius 3 is 0.807 bits per heavy atom. The van der Waals surface area contributed by atoms with Gasteiger partial charge in [0, 0.05) is 131 Å². The molecule has 0 atom stereocenters. The first-order valence-electron chi connectivity index (χ1n) is 48.2. The quantitative estimate of drug-likeness (QED) is 0.122. The van der Waals surface area contributed by atoms with Gasteiger partial charge in [-0.3, -0.25) is 0 Å². The minimum Gasteiger partial charge on any atom is -0.354 e. The van der Waals surface area contributed by atoms with Crippen LogP contribution in [0.1, 0.15) is 0 Å². The second kappa shape index (κ2) is 32.6. The molecule has 0 spiro atoms. The summed E-state index contributed by atoms with van der Waals surface area (Å²) in [4.78, 5) is 10.8. The summed E-state index contributed by atoms with van der Waals surface area (Å²) >= 11 is 0. The van der Waals surface area contributed by atoms with E-state index in [2.05, 4.69) is 532 Å². The fraction of sp³-hybridized carbons (Fsp3) is 0. The highest BCUT2D eigenvalue weighted by Crippen LogP contribution is 2.49.